The number of H-pyrrole nitrogens is 1. The maximum Gasteiger partial charge on any atom is 0.178 e. The Bertz CT molecular complexity index is 535. The Morgan fingerprint density at radius 3 is 3.07 bits per heavy atom. The molecule has 3 rings (SSSR count). The molecule has 1 aliphatic heterocycles. The number of fused-ring (bicyclic) bond motifs is 1. The summed E-state index contributed by atoms with van der Waals surface area (Å²) in [6, 6.07) is 8.93. The van der Waals surface area contributed by atoms with Crippen molar-refractivity contribution in [3.05, 3.63) is 29.0 Å². The number of nitrogens with one attached hydrogen (secondary N) is 1. The lowest BCUT2D eigenvalue weighted by molar-refractivity contribution is 0.569. The second kappa shape index (κ2) is 3.68. The summed E-state index contributed by atoms with van der Waals surface area (Å²) in [5.41, 5.74) is 2.40. The fourth-order valence-corrected chi connectivity index (χ4v) is 3.71. The number of hydrogen-bond donors (Lipinski definition) is 1. The molecule has 1 saturated heterocycles. The van der Waals surface area contributed by atoms with E-state index in [-0.39, 0.29) is 0 Å². The maximum absolute atomic E-state index is 5.39. The van der Waals surface area contributed by atoms with Gasteiger partial charge in [0.25, 0.3) is 0 Å². The molecule has 1 N–H and O–H groups in total. The van der Waals surface area contributed by atoms with E-state index in [9.17, 15) is 0 Å². The number of para-hydroxylation sites is 2. The van der Waals surface area contributed by atoms with Crippen LogP contribution in [0.1, 0.15) is 12.5 Å². The van der Waals surface area contributed by atoms with Crippen molar-refractivity contribution in [2.45, 2.75) is 12.5 Å². The van der Waals surface area contributed by atoms with Gasteiger partial charge in [-0.1, -0.05) is 12.1 Å². The van der Waals surface area contributed by atoms with Crippen LogP contribution in [0.3, 0.4) is 0 Å². The summed E-state index contributed by atoms with van der Waals surface area (Å²) in [6.07, 6.45) is 1.24. The first kappa shape index (κ1) is 9.48. The molecule has 78 valence electrons. The molecule has 0 radical (unpaired) electrons. The Kier molecular flexibility index (Phi) is 2.33. The molecule has 1 aromatic carbocycles. The highest BCUT2D eigenvalue weighted by molar-refractivity contribution is 7.99. The van der Waals surface area contributed by atoms with Crippen molar-refractivity contribution in [2.75, 3.05) is 11.5 Å². The van der Waals surface area contributed by atoms with Crippen molar-refractivity contribution in [2.24, 2.45) is 0 Å². The van der Waals surface area contributed by atoms with Crippen LogP contribution in [0.2, 0.25) is 0 Å². The van der Waals surface area contributed by atoms with E-state index < -0.39 is 0 Å². The van der Waals surface area contributed by atoms with E-state index in [1.165, 1.54) is 23.4 Å². The number of aromatic nitrogens is 2. The number of nitrogens with zero attached hydrogens (tertiary/aromatic N) is 1. The van der Waals surface area contributed by atoms with E-state index in [1.807, 2.05) is 17.8 Å². The minimum atomic E-state index is 0.582. The molecule has 1 aromatic heterocycles. The average Bonchev–Trinajstić information content (AvgIpc) is 2.82. The van der Waals surface area contributed by atoms with Crippen LogP contribution in [0, 0.1) is 4.77 Å². The summed E-state index contributed by atoms with van der Waals surface area (Å²) in [4.78, 5) is 3.27. The van der Waals surface area contributed by atoms with Crippen molar-refractivity contribution in [1.29, 1.82) is 0 Å². The zero-order valence-corrected chi connectivity index (χ0v) is 9.90. The zero-order chi connectivity index (χ0) is 10.3. The number of benzene rings is 1. The topological polar surface area (TPSA) is 20.7 Å². The van der Waals surface area contributed by atoms with Crippen molar-refractivity contribution < 1.29 is 0 Å². The molecule has 2 aromatic rings. The Balaban J connectivity index is 2.23. The zero-order valence-electron chi connectivity index (χ0n) is 8.27. The van der Waals surface area contributed by atoms with Gasteiger partial charge >= 0.3 is 0 Å². The van der Waals surface area contributed by atoms with Crippen LogP contribution in [-0.2, 0) is 0 Å². The standard InChI is InChI=1S/C11H12N2S2/c14-11-12-9-3-1-2-4-10(9)13(11)8-5-6-15-7-8/h1-4,8H,5-7H2,(H,12,14). The molecule has 2 heterocycles. The molecule has 15 heavy (non-hydrogen) atoms. The summed E-state index contributed by atoms with van der Waals surface area (Å²) in [5.74, 6) is 2.45. The minimum absolute atomic E-state index is 0.582. The molecule has 1 aliphatic rings. The third-order valence-corrected chi connectivity index (χ3v) is 4.34. The smallest absolute Gasteiger partial charge is 0.178 e. The van der Waals surface area contributed by atoms with Crippen LogP contribution >= 0.6 is 24.0 Å². The summed E-state index contributed by atoms with van der Waals surface area (Å²) >= 11 is 7.40. The molecular weight excluding hydrogens is 224 g/mol. The van der Waals surface area contributed by atoms with Gasteiger partial charge in [0.1, 0.15) is 0 Å². The summed E-state index contributed by atoms with van der Waals surface area (Å²) in [6.45, 7) is 0. The highest BCUT2D eigenvalue weighted by atomic mass is 32.2. The highest BCUT2D eigenvalue weighted by Crippen LogP contribution is 2.30. The summed E-state index contributed by atoms with van der Waals surface area (Å²) in [5, 5.41) is 0. The number of hydrogen-bond acceptors (Lipinski definition) is 2. The normalized spacial score (nSPS) is 21.2. The molecule has 1 unspecified atom stereocenters. The van der Waals surface area contributed by atoms with Gasteiger partial charge in [0, 0.05) is 11.8 Å². The second-order valence-corrected chi connectivity index (χ2v) is 5.37. The molecule has 0 spiro atoms. The van der Waals surface area contributed by atoms with Gasteiger partial charge < -0.3 is 9.55 Å². The average molecular weight is 236 g/mol. The fraction of sp³-hybridized carbons (Fsp3) is 0.364. The van der Waals surface area contributed by atoms with Crippen molar-refractivity contribution in [3.63, 3.8) is 0 Å². The lowest BCUT2D eigenvalue weighted by Gasteiger charge is -2.11. The molecule has 0 aliphatic carbocycles. The van der Waals surface area contributed by atoms with Gasteiger partial charge in [0.15, 0.2) is 4.77 Å². The van der Waals surface area contributed by atoms with Crippen LogP contribution in [-0.4, -0.2) is 21.1 Å². The van der Waals surface area contributed by atoms with Crippen LogP contribution in [0.25, 0.3) is 11.0 Å². The molecule has 1 atom stereocenters. The predicted molar refractivity (Wildman–Crippen MR) is 68.1 cm³/mol. The minimum Gasteiger partial charge on any atom is -0.331 e. The third kappa shape index (κ3) is 1.52. The van der Waals surface area contributed by atoms with Crippen LogP contribution in [0.4, 0.5) is 0 Å². The summed E-state index contributed by atoms with van der Waals surface area (Å²) in [7, 11) is 0. The Morgan fingerprint density at radius 2 is 2.27 bits per heavy atom. The van der Waals surface area contributed by atoms with Gasteiger partial charge in [-0.25, -0.2) is 0 Å². The number of imidazole rings is 1. The fourth-order valence-electron chi connectivity index (χ4n) is 2.16. The lowest BCUT2D eigenvalue weighted by atomic mass is 10.2. The van der Waals surface area contributed by atoms with E-state index in [0.717, 1.165) is 10.3 Å². The second-order valence-electron chi connectivity index (χ2n) is 3.83. The molecule has 0 saturated carbocycles. The Labute approximate surface area is 97.7 Å². The SMILES string of the molecule is S=c1[nH]c2ccccc2n1C1CCSC1. The molecule has 1 fully saturated rings. The number of aromatic amines is 1. The monoisotopic (exact) mass is 236 g/mol. The molecule has 0 amide bonds. The predicted octanol–water partition coefficient (Wildman–Crippen LogP) is 3.38. The Hall–Kier alpha value is -0.740. The van der Waals surface area contributed by atoms with E-state index in [1.54, 1.807) is 0 Å². The Morgan fingerprint density at radius 1 is 1.40 bits per heavy atom. The van der Waals surface area contributed by atoms with Gasteiger partial charge in [0.05, 0.1) is 11.0 Å². The highest BCUT2D eigenvalue weighted by Gasteiger charge is 2.19. The van der Waals surface area contributed by atoms with Crippen LogP contribution < -0.4 is 0 Å². The van der Waals surface area contributed by atoms with Crippen molar-refractivity contribution in [3.8, 4) is 0 Å². The first-order valence-electron chi connectivity index (χ1n) is 5.13. The van der Waals surface area contributed by atoms with E-state index >= 15 is 0 Å². The van der Waals surface area contributed by atoms with Gasteiger partial charge in [-0.3, -0.25) is 0 Å². The first-order chi connectivity index (χ1) is 7.36. The van der Waals surface area contributed by atoms with Gasteiger partial charge in [0.2, 0.25) is 0 Å². The van der Waals surface area contributed by atoms with E-state index in [4.69, 9.17) is 12.2 Å². The van der Waals surface area contributed by atoms with Gasteiger partial charge in [-0.15, -0.1) is 0 Å². The summed E-state index contributed by atoms with van der Waals surface area (Å²) < 4.78 is 3.15. The molecular formula is C11H12N2S2. The van der Waals surface area contributed by atoms with Crippen molar-refractivity contribution in [1.82, 2.24) is 9.55 Å². The number of rotatable bonds is 1. The van der Waals surface area contributed by atoms with E-state index in [0.29, 0.717) is 6.04 Å². The maximum atomic E-state index is 5.39. The van der Waals surface area contributed by atoms with Crippen molar-refractivity contribution >= 4 is 35.0 Å². The van der Waals surface area contributed by atoms with Gasteiger partial charge in [-0.2, -0.15) is 11.8 Å². The molecule has 0 bridgehead atoms. The first-order valence-corrected chi connectivity index (χ1v) is 6.69. The van der Waals surface area contributed by atoms with Gasteiger partial charge in [-0.05, 0) is 36.5 Å². The van der Waals surface area contributed by atoms with E-state index in [2.05, 4.69) is 27.8 Å². The lowest BCUT2D eigenvalue weighted by Crippen LogP contribution is -2.07. The quantitative estimate of drug-likeness (QED) is 0.766. The number of thioether (sulfide) groups is 1. The van der Waals surface area contributed by atoms with Crippen LogP contribution in [0.5, 0.6) is 0 Å². The van der Waals surface area contributed by atoms with Crippen LogP contribution in [0.15, 0.2) is 24.3 Å². The third-order valence-electron chi connectivity index (χ3n) is 2.89. The largest absolute Gasteiger partial charge is 0.331 e. The molecule has 4 heteroatoms. The molecule has 2 nitrogen and oxygen atoms in total.